The van der Waals surface area contributed by atoms with Gasteiger partial charge in [0.15, 0.2) is 5.82 Å². The average molecular weight is 195 g/mol. The second kappa shape index (κ2) is 4.04. The molecule has 1 aromatic heterocycles. The maximum Gasteiger partial charge on any atom is 0.326 e. The second-order valence-corrected chi connectivity index (χ2v) is 3.16. The van der Waals surface area contributed by atoms with Crippen molar-refractivity contribution < 1.29 is 9.90 Å². The van der Waals surface area contributed by atoms with Crippen molar-refractivity contribution in [3.05, 3.63) is 17.8 Å². The van der Waals surface area contributed by atoms with Crippen molar-refractivity contribution in [2.45, 2.75) is 19.9 Å². The van der Waals surface area contributed by atoms with Crippen LogP contribution in [0.3, 0.4) is 0 Å². The highest BCUT2D eigenvalue weighted by molar-refractivity contribution is 5.76. The van der Waals surface area contributed by atoms with Crippen LogP contribution in [-0.4, -0.2) is 34.4 Å². The monoisotopic (exact) mass is 195 g/mol. The average Bonchev–Trinajstić information content (AvgIpc) is 2.16. The van der Waals surface area contributed by atoms with Crippen LogP contribution in [0.1, 0.15) is 12.6 Å². The number of nitrogens with zero attached hydrogens (tertiary/aromatic N) is 3. The summed E-state index contributed by atoms with van der Waals surface area (Å²) in [6.45, 7) is 3.43. The summed E-state index contributed by atoms with van der Waals surface area (Å²) in [7, 11) is 1.68. The molecule has 0 aliphatic carbocycles. The predicted molar refractivity (Wildman–Crippen MR) is 52.3 cm³/mol. The lowest BCUT2D eigenvalue weighted by atomic mass is 10.3. The van der Waals surface area contributed by atoms with Crippen molar-refractivity contribution in [3.63, 3.8) is 0 Å². The molecule has 0 bridgehead atoms. The molecule has 1 atom stereocenters. The van der Waals surface area contributed by atoms with Gasteiger partial charge in [-0.3, -0.25) is 0 Å². The van der Waals surface area contributed by atoms with E-state index < -0.39 is 12.0 Å². The summed E-state index contributed by atoms with van der Waals surface area (Å²) in [6.07, 6.45) is 0. The zero-order valence-corrected chi connectivity index (χ0v) is 8.43. The van der Waals surface area contributed by atoms with E-state index in [1.165, 1.54) is 0 Å². The molecule has 5 nitrogen and oxygen atoms in total. The quantitative estimate of drug-likeness (QED) is 0.768. The fourth-order valence-corrected chi connectivity index (χ4v) is 0.944. The highest BCUT2D eigenvalue weighted by atomic mass is 16.4. The first-order valence-corrected chi connectivity index (χ1v) is 4.28. The van der Waals surface area contributed by atoms with Gasteiger partial charge in [0.2, 0.25) is 0 Å². The minimum absolute atomic E-state index is 0.561. The molecule has 0 spiro atoms. The number of hydrogen-bond acceptors (Lipinski definition) is 4. The van der Waals surface area contributed by atoms with E-state index in [0.29, 0.717) is 5.82 Å². The van der Waals surface area contributed by atoms with Crippen LogP contribution in [0.15, 0.2) is 12.1 Å². The maximum atomic E-state index is 10.7. The number of hydrogen-bond donors (Lipinski definition) is 1. The number of rotatable bonds is 3. The zero-order chi connectivity index (χ0) is 10.7. The predicted octanol–water partition coefficient (Wildman–Crippen LogP) is 0.694. The van der Waals surface area contributed by atoms with E-state index in [2.05, 4.69) is 10.2 Å². The van der Waals surface area contributed by atoms with Gasteiger partial charge in [-0.2, -0.15) is 5.10 Å². The Hall–Kier alpha value is -1.65. The Morgan fingerprint density at radius 1 is 1.50 bits per heavy atom. The number of carboxylic acids is 1. The molecule has 1 heterocycles. The molecule has 0 fully saturated rings. The minimum Gasteiger partial charge on any atom is -0.480 e. The van der Waals surface area contributed by atoms with Crippen LogP contribution in [0.2, 0.25) is 0 Å². The Bertz CT molecular complexity index is 323. The van der Waals surface area contributed by atoms with Crippen molar-refractivity contribution in [2.24, 2.45) is 0 Å². The Morgan fingerprint density at radius 2 is 2.14 bits per heavy atom. The standard InChI is InChI=1S/C9H13N3O2/c1-6-4-5-8(11-10-6)12(3)7(2)9(13)14/h4-5,7H,1-3H3,(H,13,14). The Balaban J connectivity index is 2.84. The summed E-state index contributed by atoms with van der Waals surface area (Å²) >= 11 is 0. The van der Waals surface area contributed by atoms with Crippen LogP contribution in [-0.2, 0) is 4.79 Å². The van der Waals surface area contributed by atoms with Gasteiger partial charge in [0.05, 0.1) is 5.69 Å². The van der Waals surface area contributed by atoms with E-state index in [0.717, 1.165) is 5.69 Å². The molecule has 0 aromatic carbocycles. The van der Waals surface area contributed by atoms with Crippen LogP contribution in [0.4, 0.5) is 5.82 Å². The molecule has 0 aliphatic rings. The summed E-state index contributed by atoms with van der Waals surface area (Å²) in [4.78, 5) is 12.3. The summed E-state index contributed by atoms with van der Waals surface area (Å²) in [5.41, 5.74) is 0.810. The van der Waals surface area contributed by atoms with E-state index >= 15 is 0 Å². The van der Waals surface area contributed by atoms with Gasteiger partial charge in [0.25, 0.3) is 0 Å². The molecule has 76 valence electrons. The fourth-order valence-electron chi connectivity index (χ4n) is 0.944. The molecule has 1 N–H and O–H groups in total. The zero-order valence-electron chi connectivity index (χ0n) is 8.43. The van der Waals surface area contributed by atoms with Crippen LogP contribution in [0.25, 0.3) is 0 Å². The first-order valence-electron chi connectivity index (χ1n) is 4.28. The van der Waals surface area contributed by atoms with Gasteiger partial charge in [-0.25, -0.2) is 4.79 Å². The van der Waals surface area contributed by atoms with Gasteiger partial charge in [-0.15, -0.1) is 5.10 Å². The molecule has 1 rings (SSSR count). The van der Waals surface area contributed by atoms with Crippen LogP contribution in [0.5, 0.6) is 0 Å². The minimum atomic E-state index is -0.880. The fraction of sp³-hybridized carbons (Fsp3) is 0.444. The van der Waals surface area contributed by atoms with E-state index in [9.17, 15) is 4.79 Å². The van der Waals surface area contributed by atoms with Gasteiger partial charge in [0, 0.05) is 7.05 Å². The lowest BCUT2D eigenvalue weighted by Crippen LogP contribution is -2.36. The van der Waals surface area contributed by atoms with E-state index in [1.807, 2.05) is 6.92 Å². The largest absolute Gasteiger partial charge is 0.480 e. The third-order valence-electron chi connectivity index (χ3n) is 2.08. The van der Waals surface area contributed by atoms with Gasteiger partial charge in [-0.1, -0.05) is 0 Å². The summed E-state index contributed by atoms with van der Waals surface area (Å²) in [5, 5.41) is 16.5. The van der Waals surface area contributed by atoms with Crippen LogP contribution < -0.4 is 4.90 Å². The number of likely N-dealkylation sites (N-methyl/N-ethyl adjacent to an activating group) is 1. The second-order valence-electron chi connectivity index (χ2n) is 3.16. The van der Waals surface area contributed by atoms with Gasteiger partial charge >= 0.3 is 5.97 Å². The van der Waals surface area contributed by atoms with Crippen molar-refractivity contribution in [2.75, 3.05) is 11.9 Å². The highest BCUT2D eigenvalue weighted by Crippen LogP contribution is 2.10. The third-order valence-corrected chi connectivity index (χ3v) is 2.08. The summed E-state index contributed by atoms with van der Waals surface area (Å²) in [5.74, 6) is -0.319. The lowest BCUT2D eigenvalue weighted by Gasteiger charge is -2.21. The van der Waals surface area contributed by atoms with Gasteiger partial charge in [0.1, 0.15) is 6.04 Å². The number of aryl methyl sites for hydroxylation is 1. The molecule has 0 amide bonds. The molecule has 0 aliphatic heterocycles. The molecular weight excluding hydrogens is 182 g/mol. The van der Waals surface area contributed by atoms with Crippen molar-refractivity contribution in [1.82, 2.24) is 10.2 Å². The molecule has 14 heavy (non-hydrogen) atoms. The summed E-state index contributed by atoms with van der Waals surface area (Å²) in [6, 6.07) is 2.95. The summed E-state index contributed by atoms with van der Waals surface area (Å²) < 4.78 is 0. The van der Waals surface area contributed by atoms with Crippen molar-refractivity contribution in [1.29, 1.82) is 0 Å². The highest BCUT2D eigenvalue weighted by Gasteiger charge is 2.17. The van der Waals surface area contributed by atoms with Gasteiger partial charge < -0.3 is 10.0 Å². The van der Waals surface area contributed by atoms with E-state index in [-0.39, 0.29) is 0 Å². The normalized spacial score (nSPS) is 12.2. The number of aromatic nitrogens is 2. The maximum absolute atomic E-state index is 10.7. The van der Waals surface area contributed by atoms with Crippen LogP contribution in [0, 0.1) is 6.92 Å². The number of anilines is 1. The Morgan fingerprint density at radius 3 is 2.57 bits per heavy atom. The third kappa shape index (κ3) is 2.18. The number of carbonyl (C=O) groups is 1. The number of carboxylic acid groups (broad SMARTS) is 1. The molecule has 0 saturated carbocycles. The van der Waals surface area contributed by atoms with Crippen LogP contribution >= 0.6 is 0 Å². The first-order chi connectivity index (χ1) is 6.52. The van der Waals surface area contributed by atoms with Crippen molar-refractivity contribution >= 4 is 11.8 Å². The molecule has 0 saturated heterocycles. The Labute approximate surface area is 82.4 Å². The van der Waals surface area contributed by atoms with Gasteiger partial charge in [-0.05, 0) is 26.0 Å². The SMILES string of the molecule is Cc1ccc(N(C)C(C)C(=O)O)nn1. The molecular formula is C9H13N3O2. The molecule has 1 aromatic rings. The smallest absolute Gasteiger partial charge is 0.326 e. The lowest BCUT2D eigenvalue weighted by molar-refractivity contribution is -0.138. The Kier molecular flexibility index (Phi) is 3.01. The topological polar surface area (TPSA) is 66.3 Å². The molecule has 5 heteroatoms. The van der Waals surface area contributed by atoms with Crippen molar-refractivity contribution in [3.8, 4) is 0 Å². The number of aliphatic carboxylic acids is 1. The molecule has 0 radical (unpaired) electrons. The molecule has 1 unspecified atom stereocenters. The van der Waals surface area contributed by atoms with E-state index in [4.69, 9.17) is 5.11 Å². The van der Waals surface area contributed by atoms with E-state index in [1.54, 1.807) is 31.0 Å². The first kappa shape index (κ1) is 10.4.